The van der Waals surface area contributed by atoms with Crippen molar-refractivity contribution in [2.75, 3.05) is 26.2 Å². The minimum Gasteiger partial charge on any atom is -0.389 e. The van der Waals surface area contributed by atoms with Crippen LogP contribution in [0.2, 0.25) is 10.0 Å². The van der Waals surface area contributed by atoms with Gasteiger partial charge in [0.1, 0.15) is 0 Å². The Labute approximate surface area is 184 Å². The Hall–Kier alpha value is -0.810. The van der Waals surface area contributed by atoms with Gasteiger partial charge in [0.25, 0.3) is 0 Å². The number of likely N-dealkylation sites (tertiary alicyclic amines) is 2. The van der Waals surface area contributed by atoms with Crippen LogP contribution in [0.25, 0.3) is 0 Å². The lowest BCUT2D eigenvalue weighted by Crippen LogP contribution is -2.52. The summed E-state index contributed by atoms with van der Waals surface area (Å²) in [7, 11) is 0. The fraction of sp³-hybridized carbons (Fsp3) is 0.696. The van der Waals surface area contributed by atoms with Crippen LogP contribution >= 0.6 is 23.2 Å². The molecule has 1 amide bonds. The van der Waals surface area contributed by atoms with Gasteiger partial charge in [0.2, 0.25) is 5.91 Å². The zero-order valence-corrected chi connectivity index (χ0v) is 18.6. The Bertz CT molecular complexity index is 722. The van der Waals surface area contributed by atoms with E-state index in [9.17, 15) is 9.90 Å². The summed E-state index contributed by atoms with van der Waals surface area (Å²) in [6, 6.07) is 5.98. The fourth-order valence-corrected chi connectivity index (χ4v) is 5.87. The van der Waals surface area contributed by atoms with Gasteiger partial charge in [-0.1, -0.05) is 48.5 Å². The molecule has 0 spiro atoms. The molecule has 6 heteroatoms. The SMILES string of the molecule is O=C(C(c1ccc(Cl)c(Cl)c1)C1(O)CCCCC1)N1CCC(N2CCCC2)CC1. The van der Waals surface area contributed by atoms with E-state index in [2.05, 4.69) is 4.90 Å². The molecule has 2 heterocycles. The molecule has 0 aromatic heterocycles. The van der Waals surface area contributed by atoms with Crippen LogP contribution in [0.15, 0.2) is 18.2 Å². The fourth-order valence-electron chi connectivity index (χ4n) is 5.57. The maximum atomic E-state index is 13.7. The topological polar surface area (TPSA) is 43.8 Å². The molecule has 1 aromatic carbocycles. The zero-order chi connectivity index (χ0) is 20.4. The zero-order valence-electron chi connectivity index (χ0n) is 17.1. The lowest BCUT2D eigenvalue weighted by atomic mass is 9.72. The molecule has 2 saturated heterocycles. The third-order valence-electron chi connectivity index (χ3n) is 7.21. The van der Waals surface area contributed by atoms with Gasteiger partial charge in [0, 0.05) is 19.1 Å². The summed E-state index contributed by atoms with van der Waals surface area (Å²) in [5.41, 5.74) is -0.214. The first-order valence-corrected chi connectivity index (χ1v) is 11.9. The first-order chi connectivity index (χ1) is 14.0. The van der Waals surface area contributed by atoms with Crippen LogP contribution in [0.3, 0.4) is 0 Å². The molecule has 4 rings (SSSR count). The third kappa shape index (κ3) is 4.61. The van der Waals surface area contributed by atoms with Crippen molar-refractivity contribution in [3.63, 3.8) is 0 Å². The summed E-state index contributed by atoms with van der Waals surface area (Å²) >= 11 is 12.4. The van der Waals surface area contributed by atoms with Gasteiger partial charge in [-0.2, -0.15) is 0 Å². The van der Waals surface area contributed by atoms with Crippen LogP contribution < -0.4 is 0 Å². The van der Waals surface area contributed by atoms with Crippen molar-refractivity contribution in [1.82, 2.24) is 9.80 Å². The van der Waals surface area contributed by atoms with Gasteiger partial charge < -0.3 is 14.9 Å². The standard InChI is InChI=1S/C23H32Cl2N2O2/c24-19-7-6-17(16-20(19)25)21(23(29)10-2-1-3-11-23)22(28)27-14-8-18(9-15-27)26-12-4-5-13-26/h6-7,16,18,21,29H,1-5,8-15H2. The number of aliphatic hydroxyl groups is 1. The highest BCUT2D eigenvalue weighted by Crippen LogP contribution is 2.42. The Morgan fingerprint density at radius 2 is 1.62 bits per heavy atom. The van der Waals surface area contributed by atoms with Crippen LogP contribution in [0.5, 0.6) is 0 Å². The summed E-state index contributed by atoms with van der Waals surface area (Å²) in [4.78, 5) is 18.3. The lowest BCUT2D eigenvalue weighted by molar-refractivity contribution is -0.143. The molecule has 2 aliphatic heterocycles. The molecule has 1 aromatic rings. The normalized spacial score (nSPS) is 24.6. The van der Waals surface area contributed by atoms with Gasteiger partial charge in [0.05, 0.1) is 21.6 Å². The van der Waals surface area contributed by atoms with E-state index in [-0.39, 0.29) is 5.91 Å². The van der Waals surface area contributed by atoms with Crippen LogP contribution in [0, 0.1) is 0 Å². The van der Waals surface area contributed by atoms with Gasteiger partial charge in [-0.25, -0.2) is 0 Å². The predicted octanol–water partition coefficient (Wildman–Crippen LogP) is 4.86. The average Bonchev–Trinajstić information content (AvgIpc) is 3.26. The number of carbonyl (C=O) groups excluding carboxylic acids is 1. The molecule has 1 saturated carbocycles. The summed E-state index contributed by atoms with van der Waals surface area (Å²) in [6.45, 7) is 3.94. The largest absolute Gasteiger partial charge is 0.389 e. The number of halogens is 2. The van der Waals surface area contributed by atoms with Crippen LogP contribution in [0.4, 0.5) is 0 Å². The molecular formula is C23H32Cl2N2O2. The Morgan fingerprint density at radius 1 is 0.966 bits per heavy atom. The quantitative estimate of drug-likeness (QED) is 0.729. The molecular weight excluding hydrogens is 407 g/mol. The van der Waals surface area contributed by atoms with Crippen molar-refractivity contribution in [3.05, 3.63) is 33.8 Å². The van der Waals surface area contributed by atoms with Crippen LogP contribution in [0.1, 0.15) is 69.3 Å². The number of benzene rings is 1. The highest BCUT2D eigenvalue weighted by atomic mass is 35.5. The molecule has 1 N–H and O–H groups in total. The molecule has 29 heavy (non-hydrogen) atoms. The van der Waals surface area contributed by atoms with Crippen molar-refractivity contribution in [3.8, 4) is 0 Å². The van der Waals surface area contributed by atoms with E-state index in [4.69, 9.17) is 23.2 Å². The number of hydrogen-bond acceptors (Lipinski definition) is 3. The summed E-state index contributed by atoms with van der Waals surface area (Å²) in [6.07, 6.45) is 9.00. The molecule has 160 valence electrons. The Morgan fingerprint density at radius 3 is 2.24 bits per heavy atom. The van der Waals surface area contributed by atoms with E-state index in [1.807, 2.05) is 11.0 Å². The molecule has 1 aliphatic carbocycles. The first-order valence-electron chi connectivity index (χ1n) is 11.2. The molecule has 3 aliphatic rings. The van der Waals surface area contributed by atoms with Crippen molar-refractivity contribution in [1.29, 1.82) is 0 Å². The van der Waals surface area contributed by atoms with Gasteiger partial charge in [-0.15, -0.1) is 0 Å². The first kappa shape index (κ1) is 21.4. The van der Waals surface area contributed by atoms with Crippen LogP contribution in [-0.4, -0.2) is 58.6 Å². The molecule has 3 fully saturated rings. The van der Waals surface area contributed by atoms with E-state index < -0.39 is 11.5 Å². The van der Waals surface area contributed by atoms with Crippen molar-refractivity contribution in [2.24, 2.45) is 0 Å². The minimum absolute atomic E-state index is 0.0488. The maximum Gasteiger partial charge on any atom is 0.233 e. The molecule has 1 atom stereocenters. The number of carbonyl (C=O) groups is 1. The predicted molar refractivity (Wildman–Crippen MR) is 118 cm³/mol. The molecule has 0 radical (unpaired) electrons. The van der Waals surface area contributed by atoms with E-state index in [0.29, 0.717) is 28.9 Å². The van der Waals surface area contributed by atoms with E-state index >= 15 is 0 Å². The molecule has 0 bridgehead atoms. The van der Waals surface area contributed by atoms with Crippen molar-refractivity contribution >= 4 is 29.1 Å². The number of piperidine rings is 1. The summed E-state index contributed by atoms with van der Waals surface area (Å²) in [5, 5.41) is 12.5. The van der Waals surface area contributed by atoms with E-state index in [0.717, 1.165) is 50.8 Å². The van der Waals surface area contributed by atoms with Gasteiger partial charge >= 0.3 is 0 Å². The lowest BCUT2D eigenvalue weighted by Gasteiger charge is -2.43. The molecule has 4 nitrogen and oxygen atoms in total. The third-order valence-corrected chi connectivity index (χ3v) is 7.95. The van der Waals surface area contributed by atoms with Crippen molar-refractivity contribution in [2.45, 2.75) is 75.3 Å². The Balaban J connectivity index is 1.54. The highest BCUT2D eigenvalue weighted by Gasteiger charge is 2.45. The second-order valence-corrected chi connectivity index (χ2v) is 9.88. The number of amides is 1. The second-order valence-electron chi connectivity index (χ2n) is 9.07. The summed E-state index contributed by atoms with van der Waals surface area (Å²) in [5.74, 6) is -0.520. The number of hydrogen-bond donors (Lipinski definition) is 1. The smallest absolute Gasteiger partial charge is 0.233 e. The monoisotopic (exact) mass is 438 g/mol. The maximum absolute atomic E-state index is 13.7. The number of nitrogens with zero attached hydrogens (tertiary/aromatic N) is 2. The second kappa shape index (κ2) is 9.13. The van der Waals surface area contributed by atoms with Gasteiger partial charge in [-0.05, 0) is 69.3 Å². The van der Waals surface area contributed by atoms with Gasteiger partial charge in [0.15, 0.2) is 0 Å². The van der Waals surface area contributed by atoms with Gasteiger partial charge in [-0.3, -0.25) is 4.79 Å². The summed E-state index contributed by atoms with van der Waals surface area (Å²) < 4.78 is 0. The highest BCUT2D eigenvalue weighted by molar-refractivity contribution is 6.42. The minimum atomic E-state index is -1.00. The van der Waals surface area contributed by atoms with E-state index in [1.165, 1.54) is 25.9 Å². The van der Waals surface area contributed by atoms with E-state index in [1.54, 1.807) is 12.1 Å². The Kier molecular flexibility index (Phi) is 6.75. The average molecular weight is 439 g/mol. The van der Waals surface area contributed by atoms with Crippen molar-refractivity contribution < 1.29 is 9.90 Å². The molecule has 1 unspecified atom stereocenters. The number of rotatable bonds is 4. The van der Waals surface area contributed by atoms with Crippen LogP contribution in [-0.2, 0) is 4.79 Å².